The molecule has 0 bridgehead atoms. The van der Waals surface area contributed by atoms with Gasteiger partial charge in [0, 0.05) is 17.3 Å². The average molecular weight is 302 g/mol. The predicted molar refractivity (Wildman–Crippen MR) is 72.6 cm³/mol. The maximum absolute atomic E-state index is 10.3. The summed E-state index contributed by atoms with van der Waals surface area (Å²) < 4.78 is 0. The lowest BCUT2D eigenvalue weighted by Crippen LogP contribution is -2.23. The topological polar surface area (TPSA) is 149 Å². The summed E-state index contributed by atoms with van der Waals surface area (Å²) in [4.78, 5) is 30.0. The molecule has 0 aliphatic carbocycles. The van der Waals surface area contributed by atoms with E-state index in [1.165, 1.54) is 24.3 Å². The summed E-state index contributed by atoms with van der Waals surface area (Å²) in [5.41, 5.74) is 4.74. The van der Waals surface area contributed by atoms with Gasteiger partial charge < -0.3 is 25.5 Å². The van der Waals surface area contributed by atoms with Crippen LogP contribution < -0.4 is 15.9 Å². The molecule has 0 atom stereocenters. The Morgan fingerprint density at radius 2 is 1.32 bits per heavy atom. The Morgan fingerprint density at radius 1 is 0.864 bits per heavy atom. The largest absolute Gasteiger partial charge is 0.545 e. The minimum Gasteiger partial charge on any atom is -0.545 e. The number of nitrogens with zero attached hydrogens (tertiary/aromatic N) is 1. The first-order valence-electron chi connectivity index (χ1n) is 5.85. The first-order valence-corrected chi connectivity index (χ1v) is 5.85. The number of nitro benzene ring substituents is 1. The Morgan fingerprint density at radius 3 is 1.68 bits per heavy atom. The van der Waals surface area contributed by atoms with Gasteiger partial charge >= 0.3 is 0 Å². The molecular formula is C14H10N2O6-2. The minimum absolute atomic E-state index is 0.0440. The highest BCUT2D eigenvalue weighted by Crippen LogP contribution is 2.15. The smallest absolute Gasteiger partial charge is 0.278 e. The molecule has 2 aromatic carbocycles. The van der Waals surface area contributed by atoms with E-state index in [0.29, 0.717) is 0 Å². The van der Waals surface area contributed by atoms with Crippen molar-refractivity contribution in [2.75, 3.05) is 5.73 Å². The average Bonchev–Trinajstić information content (AvgIpc) is 2.48. The van der Waals surface area contributed by atoms with Gasteiger partial charge in [0.2, 0.25) is 0 Å². The monoisotopic (exact) mass is 302 g/mol. The summed E-state index contributed by atoms with van der Waals surface area (Å²) in [5.74, 6) is -2.78. The van der Waals surface area contributed by atoms with Crippen LogP contribution in [-0.4, -0.2) is 16.9 Å². The Kier molecular flexibility index (Phi) is 5.58. The van der Waals surface area contributed by atoms with Crippen LogP contribution in [0.15, 0.2) is 48.5 Å². The van der Waals surface area contributed by atoms with Crippen LogP contribution in [0.2, 0.25) is 0 Å². The van der Waals surface area contributed by atoms with Crippen LogP contribution in [0, 0.1) is 10.1 Å². The van der Waals surface area contributed by atoms with E-state index in [1.54, 1.807) is 12.1 Å². The zero-order valence-electron chi connectivity index (χ0n) is 11.1. The molecule has 2 rings (SSSR count). The zero-order valence-corrected chi connectivity index (χ0v) is 11.1. The Bertz CT molecular complexity index is 681. The van der Waals surface area contributed by atoms with Gasteiger partial charge in [-0.25, -0.2) is 0 Å². The number of hydrogen-bond acceptors (Lipinski definition) is 7. The number of carboxylic acid groups (broad SMARTS) is 2. The first-order chi connectivity index (χ1) is 10.3. The van der Waals surface area contributed by atoms with E-state index in [-0.39, 0.29) is 11.3 Å². The number of carbonyl (C=O) groups is 2. The van der Waals surface area contributed by atoms with Gasteiger partial charge in [-0.2, -0.15) is 0 Å². The number of nitrogen functional groups attached to an aromatic ring is 1. The summed E-state index contributed by atoms with van der Waals surface area (Å²) >= 11 is 0. The van der Waals surface area contributed by atoms with Crippen molar-refractivity contribution in [3.8, 4) is 0 Å². The predicted octanol–water partition coefficient (Wildman–Crippen LogP) is -0.409. The molecule has 0 aromatic heterocycles. The molecule has 0 radical (unpaired) electrons. The summed E-state index contributed by atoms with van der Waals surface area (Å²) in [6, 6.07) is 11.2. The molecule has 0 heterocycles. The van der Waals surface area contributed by atoms with E-state index >= 15 is 0 Å². The third-order valence-electron chi connectivity index (χ3n) is 2.50. The van der Waals surface area contributed by atoms with Gasteiger partial charge in [0.05, 0.1) is 22.4 Å². The van der Waals surface area contributed by atoms with E-state index in [9.17, 15) is 29.9 Å². The molecule has 2 aromatic rings. The van der Waals surface area contributed by atoms with Crippen molar-refractivity contribution < 1.29 is 24.7 Å². The lowest BCUT2D eigenvalue weighted by Gasteiger charge is -2.03. The molecule has 0 amide bonds. The van der Waals surface area contributed by atoms with Crippen LogP contribution >= 0.6 is 0 Å². The molecule has 8 nitrogen and oxygen atoms in total. The van der Waals surface area contributed by atoms with Gasteiger partial charge in [-0.3, -0.25) is 10.1 Å². The summed E-state index contributed by atoms with van der Waals surface area (Å²) in [5, 5.41) is 30.8. The molecule has 0 aliphatic rings. The van der Waals surface area contributed by atoms with Gasteiger partial charge in [0.25, 0.3) is 5.69 Å². The van der Waals surface area contributed by atoms with E-state index in [0.717, 1.165) is 12.1 Å². The SMILES string of the molecule is Nc1ccccc1C(=O)[O-].O=C([O-])c1ccccc1[N+](=O)[O-]. The number of rotatable bonds is 3. The highest BCUT2D eigenvalue weighted by atomic mass is 16.6. The maximum Gasteiger partial charge on any atom is 0.278 e. The van der Waals surface area contributed by atoms with E-state index in [1.807, 2.05) is 0 Å². The van der Waals surface area contributed by atoms with Crippen molar-refractivity contribution in [3.63, 3.8) is 0 Å². The second-order valence-electron chi connectivity index (χ2n) is 3.94. The van der Waals surface area contributed by atoms with Crippen molar-refractivity contribution in [1.29, 1.82) is 0 Å². The van der Waals surface area contributed by atoms with Crippen molar-refractivity contribution in [2.24, 2.45) is 0 Å². The van der Waals surface area contributed by atoms with E-state index in [4.69, 9.17) is 5.73 Å². The van der Waals surface area contributed by atoms with Crippen LogP contribution in [0.1, 0.15) is 20.7 Å². The van der Waals surface area contributed by atoms with E-state index < -0.39 is 28.1 Å². The van der Waals surface area contributed by atoms with Crippen LogP contribution in [0.4, 0.5) is 11.4 Å². The lowest BCUT2D eigenvalue weighted by molar-refractivity contribution is -0.385. The van der Waals surface area contributed by atoms with Crippen LogP contribution in [0.5, 0.6) is 0 Å². The number of carbonyl (C=O) groups excluding carboxylic acids is 2. The zero-order chi connectivity index (χ0) is 16.7. The molecule has 0 unspecified atom stereocenters. The highest BCUT2D eigenvalue weighted by Gasteiger charge is 2.11. The number of nitro groups is 1. The van der Waals surface area contributed by atoms with Crippen LogP contribution in [0.3, 0.4) is 0 Å². The number of anilines is 1. The standard InChI is InChI=1S/C7H5NO4.C7H7NO2/c9-7(10)5-3-1-2-4-6(5)8(11)12;8-6-4-2-1-3-5(6)7(9)10/h1-4H,(H,9,10);1-4H,8H2,(H,9,10)/p-2. The Balaban J connectivity index is 0.000000224. The fraction of sp³-hybridized carbons (Fsp3) is 0. The fourth-order valence-electron chi connectivity index (χ4n) is 1.49. The number of hydrogen-bond donors (Lipinski definition) is 1. The van der Waals surface area contributed by atoms with Gasteiger partial charge in [-0.15, -0.1) is 0 Å². The molecule has 0 fully saturated rings. The molecule has 0 spiro atoms. The van der Waals surface area contributed by atoms with Crippen molar-refractivity contribution in [3.05, 3.63) is 69.8 Å². The van der Waals surface area contributed by atoms with Crippen molar-refractivity contribution >= 4 is 23.3 Å². The molecule has 0 saturated heterocycles. The molecule has 22 heavy (non-hydrogen) atoms. The van der Waals surface area contributed by atoms with Gasteiger partial charge in [0.1, 0.15) is 0 Å². The van der Waals surface area contributed by atoms with Crippen molar-refractivity contribution in [2.45, 2.75) is 0 Å². The second-order valence-corrected chi connectivity index (χ2v) is 3.94. The molecule has 8 heteroatoms. The van der Waals surface area contributed by atoms with Gasteiger partial charge in [-0.1, -0.05) is 30.3 Å². The van der Waals surface area contributed by atoms with Gasteiger partial charge in [0.15, 0.2) is 0 Å². The highest BCUT2D eigenvalue weighted by molar-refractivity contribution is 5.92. The maximum atomic E-state index is 10.3. The van der Waals surface area contributed by atoms with E-state index in [2.05, 4.69) is 0 Å². The lowest BCUT2D eigenvalue weighted by atomic mass is 10.2. The molecular weight excluding hydrogens is 292 g/mol. The van der Waals surface area contributed by atoms with Crippen LogP contribution in [0.25, 0.3) is 0 Å². The normalized spacial score (nSPS) is 9.27. The quantitative estimate of drug-likeness (QED) is 0.460. The number of carboxylic acids is 2. The molecule has 114 valence electrons. The summed E-state index contributed by atoms with van der Waals surface area (Å²) in [6.45, 7) is 0. The molecule has 0 aliphatic heterocycles. The second kappa shape index (κ2) is 7.39. The first kappa shape index (κ1) is 16.6. The van der Waals surface area contributed by atoms with Crippen LogP contribution in [-0.2, 0) is 0 Å². The Labute approximate surface area is 124 Å². The number of benzene rings is 2. The fourth-order valence-corrected chi connectivity index (χ4v) is 1.49. The third kappa shape index (κ3) is 4.30. The summed E-state index contributed by atoms with van der Waals surface area (Å²) in [7, 11) is 0. The van der Waals surface area contributed by atoms with Crippen molar-refractivity contribution in [1.82, 2.24) is 0 Å². The van der Waals surface area contributed by atoms with Gasteiger partial charge in [-0.05, 0) is 12.1 Å². The Hall–Kier alpha value is -3.42. The number of nitrogens with two attached hydrogens (primary N) is 1. The molecule has 0 saturated carbocycles. The third-order valence-corrected chi connectivity index (χ3v) is 2.50. The molecule has 2 N–H and O–H groups in total. The summed E-state index contributed by atoms with van der Waals surface area (Å²) in [6.07, 6.45) is 0. The number of aromatic carboxylic acids is 2. The number of para-hydroxylation sites is 2. The minimum atomic E-state index is -1.54.